The van der Waals surface area contributed by atoms with Gasteiger partial charge in [0.15, 0.2) is 0 Å². The molecule has 0 aromatic carbocycles. The average Bonchev–Trinajstić information content (AvgIpc) is 1.59. The average molecular weight is 309 g/mol. The SMILES string of the molecule is CCC[CH2][Pb]([CH3])([CH3])[CH3]. The molecule has 0 nitrogen and oxygen atoms in total. The Hall–Kier alpha value is 0.922. The van der Waals surface area contributed by atoms with Crippen LogP contribution in [-0.4, -0.2) is 21.2 Å². The van der Waals surface area contributed by atoms with Crippen LogP contribution in [0, 0.1) is 0 Å². The van der Waals surface area contributed by atoms with Crippen LogP contribution in [0.15, 0.2) is 0 Å². The summed E-state index contributed by atoms with van der Waals surface area (Å²) in [6, 6.07) is 0. The summed E-state index contributed by atoms with van der Waals surface area (Å²) in [4.78, 5) is 0. The van der Waals surface area contributed by atoms with Gasteiger partial charge in [0.2, 0.25) is 0 Å². The van der Waals surface area contributed by atoms with Crippen LogP contribution < -0.4 is 0 Å². The van der Waals surface area contributed by atoms with E-state index in [0.29, 0.717) is 0 Å². The maximum absolute atomic E-state index is 2.52. The Morgan fingerprint density at radius 2 is 1.62 bits per heavy atom. The summed E-state index contributed by atoms with van der Waals surface area (Å²) < 4.78 is 9.14. The molecule has 0 saturated heterocycles. The van der Waals surface area contributed by atoms with E-state index in [0.717, 1.165) is 0 Å². The van der Waals surface area contributed by atoms with Gasteiger partial charge in [0.05, 0.1) is 0 Å². The molecule has 0 atom stereocenters. The van der Waals surface area contributed by atoms with Crippen molar-refractivity contribution in [2.75, 3.05) is 0 Å². The van der Waals surface area contributed by atoms with Gasteiger partial charge in [0.1, 0.15) is 0 Å². The molecule has 0 amide bonds. The second kappa shape index (κ2) is 3.86. The third-order valence-electron chi connectivity index (χ3n) is 1.28. The van der Waals surface area contributed by atoms with E-state index in [1.807, 2.05) is 0 Å². The Morgan fingerprint density at radius 1 is 1.12 bits per heavy atom. The van der Waals surface area contributed by atoms with Gasteiger partial charge in [-0.3, -0.25) is 0 Å². The van der Waals surface area contributed by atoms with Crippen molar-refractivity contribution in [3.8, 4) is 0 Å². The third-order valence-corrected chi connectivity index (χ3v) is 8.49. The van der Waals surface area contributed by atoms with Crippen molar-refractivity contribution < 1.29 is 0 Å². The van der Waals surface area contributed by atoms with Crippen molar-refractivity contribution in [1.82, 2.24) is 0 Å². The predicted molar refractivity (Wildman–Crippen MR) is 43.1 cm³/mol. The van der Waals surface area contributed by atoms with Gasteiger partial charge in [-0.05, 0) is 0 Å². The van der Waals surface area contributed by atoms with E-state index in [-0.39, 0.29) is 0 Å². The molecular weight excluding hydrogens is 291 g/mol. The van der Waals surface area contributed by atoms with Crippen LogP contribution in [0.25, 0.3) is 0 Å². The molecule has 0 aliphatic carbocycles. The Bertz CT molecular complexity index is 51.9. The van der Waals surface area contributed by atoms with E-state index < -0.39 is 21.2 Å². The van der Waals surface area contributed by atoms with Crippen LogP contribution in [0.2, 0.25) is 17.4 Å². The van der Waals surface area contributed by atoms with Crippen molar-refractivity contribution in [2.24, 2.45) is 0 Å². The molecule has 0 radical (unpaired) electrons. The van der Waals surface area contributed by atoms with Gasteiger partial charge in [-0.15, -0.1) is 0 Å². The van der Waals surface area contributed by atoms with Gasteiger partial charge in [-0.2, -0.15) is 0 Å². The van der Waals surface area contributed by atoms with Crippen molar-refractivity contribution in [1.29, 1.82) is 0 Å². The molecule has 0 N–H and O–H groups in total. The topological polar surface area (TPSA) is 0 Å². The van der Waals surface area contributed by atoms with Crippen molar-refractivity contribution >= 4 is 21.2 Å². The second-order valence-corrected chi connectivity index (χ2v) is 25.5. The number of unbranched alkanes of at least 4 members (excludes halogenated alkanes) is 1. The molecule has 0 rings (SSSR count). The molecule has 0 fully saturated rings. The first kappa shape index (κ1) is 8.92. The molecule has 50 valence electrons. The van der Waals surface area contributed by atoms with Crippen molar-refractivity contribution in [3.63, 3.8) is 0 Å². The summed E-state index contributed by atoms with van der Waals surface area (Å²) in [5.41, 5.74) is 0. The fourth-order valence-electron chi connectivity index (χ4n) is 0.707. The minimum atomic E-state index is -1.42. The molecular formula is C7H18Pb. The van der Waals surface area contributed by atoms with E-state index >= 15 is 0 Å². The van der Waals surface area contributed by atoms with Crippen LogP contribution in [0.4, 0.5) is 0 Å². The van der Waals surface area contributed by atoms with Crippen molar-refractivity contribution in [3.05, 3.63) is 0 Å². The van der Waals surface area contributed by atoms with Gasteiger partial charge >= 0.3 is 58.4 Å². The molecule has 0 aliphatic rings. The van der Waals surface area contributed by atoms with Gasteiger partial charge in [-0.25, -0.2) is 0 Å². The molecule has 0 unspecified atom stereocenters. The molecule has 0 heterocycles. The first-order chi connectivity index (χ1) is 3.56. The number of hydrogen-bond donors (Lipinski definition) is 0. The second-order valence-electron chi connectivity index (χ2n) is 3.66. The monoisotopic (exact) mass is 310 g/mol. The van der Waals surface area contributed by atoms with E-state index in [9.17, 15) is 0 Å². The van der Waals surface area contributed by atoms with Crippen LogP contribution in [0.1, 0.15) is 19.8 Å². The molecule has 0 aliphatic heterocycles. The zero-order chi connectivity index (χ0) is 6.62. The normalized spacial score (nSPS) is 12.0. The summed E-state index contributed by atoms with van der Waals surface area (Å²) in [6.07, 6.45) is 2.86. The van der Waals surface area contributed by atoms with Crippen LogP contribution >= 0.6 is 0 Å². The fraction of sp³-hybridized carbons (Fsp3) is 1.00. The predicted octanol–water partition coefficient (Wildman–Crippen LogP) is 3.12. The zero-order valence-electron chi connectivity index (χ0n) is 6.62. The quantitative estimate of drug-likeness (QED) is 0.703. The Morgan fingerprint density at radius 3 is 1.75 bits per heavy atom. The summed E-state index contributed by atoms with van der Waals surface area (Å²) in [7, 11) is 0. The van der Waals surface area contributed by atoms with Gasteiger partial charge in [-0.1, -0.05) is 0 Å². The summed E-state index contributed by atoms with van der Waals surface area (Å²) in [5, 5.41) is 0. The van der Waals surface area contributed by atoms with Gasteiger partial charge < -0.3 is 0 Å². The molecule has 8 heavy (non-hydrogen) atoms. The van der Waals surface area contributed by atoms with Gasteiger partial charge in [0, 0.05) is 0 Å². The maximum atomic E-state index is 2.52. The van der Waals surface area contributed by atoms with E-state index in [1.54, 1.807) is 3.98 Å². The molecule has 0 aromatic rings. The summed E-state index contributed by atoms with van der Waals surface area (Å²) >= 11 is -1.42. The Labute approximate surface area is 58.3 Å². The van der Waals surface area contributed by atoms with Crippen LogP contribution in [-0.2, 0) is 0 Å². The molecule has 0 spiro atoms. The standard InChI is InChI=1S/C4H9.3CH3.Pb/c1-3-4-2;;;;/h1,3-4H2,2H3;3*1H3;. The molecule has 0 bridgehead atoms. The molecule has 0 saturated carbocycles. The van der Waals surface area contributed by atoms with Crippen LogP contribution in [0.5, 0.6) is 0 Å². The number of rotatable bonds is 3. The van der Waals surface area contributed by atoms with E-state index in [2.05, 4.69) is 20.4 Å². The summed E-state index contributed by atoms with van der Waals surface area (Å²) in [6.45, 7) is 2.28. The Balaban J connectivity index is 3.11. The van der Waals surface area contributed by atoms with E-state index in [1.165, 1.54) is 12.8 Å². The summed E-state index contributed by atoms with van der Waals surface area (Å²) in [5.74, 6) is 0. The minimum absolute atomic E-state index is 1.39. The Kier molecular flexibility index (Phi) is 4.30. The first-order valence-corrected chi connectivity index (χ1v) is 18.0. The molecule has 0 aromatic heterocycles. The number of hydrogen-bond acceptors (Lipinski definition) is 0. The zero-order valence-corrected chi connectivity index (χ0v) is 10.5. The fourth-order valence-corrected chi connectivity index (χ4v) is 6.20. The van der Waals surface area contributed by atoms with Crippen LogP contribution in [0.3, 0.4) is 0 Å². The van der Waals surface area contributed by atoms with E-state index in [4.69, 9.17) is 0 Å². The van der Waals surface area contributed by atoms with Gasteiger partial charge in [0.25, 0.3) is 0 Å². The third kappa shape index (κ3) is 6.92. The first-order valence-electron chi connectivity index (χ1n) is 3.56. The van der Waals surface area contributed by atoms with Crippen molar-refractivity contribution in [2.45, 2.75) is 37.2 Å². The molecule has 1 heteroatoms.